The van der Waals surface area contributed by atoms with Gasteiger partial charge in [0.05, 0.1) is 12.6 Å². The smallest absolute Gasteiger partial charge is 0.240 e. The summed E-state index contributed by atoms with van der Waals surface area (Å²) in [5, 5.41) is 29.3. The van der Waals surface area contributed by atoms with Crippen LogP contribution in [0.5, 0.6) is 0 Å². The Morgan fingerprint density at radius 1 is 1.42 bits per heavy atom. The van der Waals surface area contributed by atoms with E-state index < -0.39 is 36.8 Å². The van der Waals surface area contributed by atoms with Crippen LogP contribution in [0.1, 0.15) is 0 Å². The summed E-state index contributed by atoms with van der Waals surface area (Å²) in [5.74, 6) is -0.563. The number of carbonyl (C=O) groups excluding carboxylic acids is 1. The Morgan fingerprint density at radius 3 is 2.50 bits per heavy atom. The number of piperidine rings is 1. The molecule has 1 aliphatic rings. The first-order valence-corrected chi connectivity index (χ1v) is 3.61. The van der Waals surface area contributed by atoms with Gasteiger partial charge < -0.3 is 26.4 Å². The van der Waals surface area contributed by atoms with Gasteiger partial charge in [0.15, 0.2) is 0 Å². The molecule has 0 saturated carbocycles. The third-order valence-corrected chi connectivity index (χ3v) is 1.96. The van der Waals surface area contributed by atoms with Crippen LogP contribution < -0.4 is 11.1 Å². The molecule has 0 unspecified atom stereocenters. The molecule has 1 fully saturated rings. The van der Waals surface area contributed by atoms with E-state index in [0.29, 0.717) is 0 Å². The van der Waals surface area contributed by atoms with Gasteiger partial charge in [-0.05, 0) is 0 Å². The predicted octanol–water partition coefficient (Wildman–Crippen LogP) is -3.47. The first-order valence-electron chi connectivity index (χ1n) is 3.61. The number of amides is 1. The van der Waals surface area contributed by atoms with Crippen LogP contribution >= 0.6 is 0 Å². The highest BCUT2D eigenvalue weighted by Gasteiger charge is 2.39. The Balaban J connectivity index is 2.70. The van der Waals surface area contributed by atoms with E-state index in [1.54, 1.807) is 0 Å². The van der Waals surface area contributed by atoms with E-state index in [0.717, 1.165) is 0 Å². The van der Waals surface area contributed by atoms with Crippen molar-refractivity contribution in [3.63, 3.8) is 0 Å². The van der Waals surface area contributed by atoms with Crippen molar-refractivity contribution in [3.8, 4) is 0 Å². The summed E-state index contributed by atoms with van der Waals surface area (Å²) in [4.78, 5) is 10.9. The number of hydrogen-bond acceptors (Lipinski definition) is 5. The number of carbonyl (C=O) groups is 1. The topological polar surface area (TPSA) is 116 Å². The lowest BCUT2D eigenvalue weighted by Crippen LogP contribution is -2.66. The molecule has 0 radical (unpaired) electrons. The first-order chi connectivity index (χ1) is 5.57. The van der Waals surface area contributed by atoms with E-state index >= 15 is 0 Å². The molecule has 0 aromatic carbocycles. The maximum absolute atomic E-state index is 10.9. The number of aliphatic hydroxyl groups excluding tert-OH is 3. The molecule has 0 bridgehead atoms. The summed E-state index contributed by atoms with van der Waals surface area (Å²) in [5.41, 5.74) is 5.23. The summed E-state index contributed by atoms with van der Waals surface area (Å²) in [6.07, 6.45) is -2.52. The van der Waals surface area contributed by atoms with Crippen molar-refractivity contribution in [1.82, 2.24) is 5.32 Å². The van der Waals surface area contributed by atoms with Crippen molar-refractivity contribution < 1.29 is 20.1 Å². The van der Waals surface area contributed by atoms with Crippen molar-refractivity contribution in [2.45, 2.75) is 24.3 Å². The quantitative estimate of drug-likeness (QED) is 0.284. The van der Waals surface area contributed by atoms with E-state index in [4.69, 9.17) is 10.8 Å². The molecule has 1 aliphatic heterocycles. The van der Waals surface area contributed by atoms with Gasteiger partial charge in [0.25, 0.3) is 0 Å². The van der Waals surface area contributed by atoms with Gasteiger partial charge in [-0.1, -0.05) is 0 Å². The summed E-state index contributed by atoms with van der Waals surface area (Å²) in [7, 11) is 0. The van der Waals surface area contributed by atoms with Crippen LogP contribution in [0.4, 0.5) is 0 Å². The summed E-state index contributed by atoms with van der Waals surface area (Å²) < 4.78 is 0. The van der Waals surface area contributed by atoms with Crippen molar-refractivity contribution in [2.75, 3.05) is 6.61 Å². The van der Waals surface area contributed by atoms with Gasteiger partial charge >= 0.3 is 0 Å². The second kappa shape index (κ2) is 3.36. The molecule has 1 rings (SSSR count). The molecule has 4 atom stereocenters. The highest BCUT2D eigenvalue weighted by molar-refractivity contribution is 5.83. The Labute approximate surface area is 69.0 Å². The number of rotatable bonds is 1. The van der Waals surface area contributed by atoms with E-state index in [2.05, 4.69) is 5.32 Å². The van der Waals surface area contributed by atoms with E-state index in [1.807, 2.05) is 0 Å². The average molecular weight is 176 g/mol. The maximum Gasteiger partial charge on any atom is 0.240 e. The van der Waals surface area contributed by atoms with E-state index in [1.165, 1.54) is 0 Å². The molecule has 1 saturated heterocycles. The van der Waals surface area contributed by atoms with Crippen molar-refractivity contribution in [2.24, 2.45) is 5.73 Å². The minimum atomic E-state index is -1.31. The lowest BCUT2D eigenvalue weighted by Gasteiger charge is -2.34. The minimum absolute atomic E-state index is 0.420. The van der Waals surface area contributed by atoms with Crippen LogP contribution in [0.25, 0.3) is 0 Å². The Kier molecular flexibility index (Phi) is 2.63. The van der Waals surface area contributed by atoms with Gasteiger partial charge in [0.2, 0.25) is 5.91 Å². The molecule has 6 heteroatoms. The molecule has 1 amide bonds. The van der Waals surface area contributed by atoms with Crippen LogP contribution in [0.15, 0.2) is 0 Å². The highest BCUT2D eigenvalue weighted by Crippen LogP contribution is 2.09. The molecule has 0 aromatic heterocycles. The lowest BCUT2D eigenvalue weighted by molar-refractivity contribution is -0.137. The van der Waals surface area contributed by atoms with Gasteiger partial charge in [-0.3, -0.25) is 4.79 Å². The molecule has 12 heavy (non-hydrogen) atoms. The maximum atomic E-state index is 10.9. The molecule has 6 nitrogen and oxygen atoms in total. The summed E-state index contributed by atoms with van der Waals surface area (Å²) in [6.45, 7) is -0.420. The molecular weight excluding hydrogens is 164 g/mol. The van der Waals surface area contributed by atoms with Crippen LogP contribution in [-0.4, -0.2) is 52.1 Å². The van der Waals surface area contributed by atoms with Crippen LogP contribution in [0, 0.1) is 0 Å². The summed E-state index contributed by atoms with van der Waals surface area (Å²) in [6, 6.07) is -1.95. The molecule has 0 aromatic rings. The highest BCUT2D eigenvalue weighted by atomic mass is 16.3. The molecular formula is C6H12N2O4. The fourth-order valence-electron chi connectivity index (χ4n) is 1.12. The standard InChI is InChI=1S/C6H12N2O4/c7-3-5(11)4(10)2(1-9)8-6(3)12/h2-5,9-11H,1,7H2,(H,8,12)/t2-,3-,4-,5-/m1/s1. The zero-order valence-electron chi connectivity index (χ0n) is 6.34. The van der Waals surface area contributed by atoms with E-state index in [-0.39, 0.29) is 0 Å². The number of aliphatic hydroxyl groups is 3. The Bertz CT molecular complexity index is 184. The van der Waals surface area contributed by atoms with Crippen molar-refractivity contribution in [3.05, 3.63) is 0 Å². The third-order valence-electron chi connectivity index (χ3n) is 1.96. The van der Waals surface area contributed by atoms with Crippen molar-refractivity contribution >= 4 is 5.91 Å². The van der Waals surface area contributed by atoms with Gasteiger partial charge in [0.1, 0.15) is 18.2 Å². The van der Waals surface area contributed by atoms with Crippen LogP contribution in [-0.2, 0) is 4.79 Å². The second-order valence-electron chi connectivity index (χ2n) is 2.80. The van der Waals surface area contributed by atoms with Crippen molar-refractivity contribution in [1.29, 1.82) is 0 Å². The zero-order chi connectivity index (χ0) is 9.30. The van der Waals surface area contributed by atoms with Gasteiger partial charge in [-0.15, -0.1) is 0 Å². The third kappa shape index (κ3) is 1.42. The van der Waals surface area contributed by atoms with Crippen LogP contribution in [0.3, 0.4) is 0 Å². The van der Waals surface area contributed by atoms with Crippen LogP contribution in [0.2, 0.25) is 0 Å². The first kappa shape index (κ1) is 9.40. The molecule has 1 heterocycles. The SMILES string of the molecule is N[C@H]1C(=O)N[C@H](CO)[C@@H](O)[C@@H]1O. The lowest BCUT2D eigenvalue weighted by atomic mass is 9.95. The zero-order valence-corrected chi connectivity index (χ0v) is 6.34. The van der Waals surface area contributed by atoms with Gasteiger partial charge in [-0.25, -0.2) is 0 Å². The molecule has 0 aliphatic carbocycles. The number of hydrogen-bond donors (Lipinski definition) is 5. The normalized spacial score (nSPS) is 42.5. The largest absolute Gasteiger partial charge is 0.394 e. The number of nitrogens with one attached hydrogen (secondary N) is 1. The monoisotopic (exact) mass is 176 g/mol. The minimum Gasteiger partial charge on any atom is -0.394 e. The summed E-state index contributed by atoms with van der Waals surface area (Å²) >= 11 is 0. The average Bonchev–Trinajstić information content (AvgIpc) is 2.08. The fourth-order valence-corrected chi connectivity index (χ4v) is 1.12. The van der Waals surface area contributed by atoms with E-state index in [9.17, 15) is 15.0 Å². The molecule has 0 spiro atoms. The fraction of sp³-hybridized carbons (Fsp3) is 0.833. The molecule has 70 valence electrons. The van der Waals surface area contributed by atoms with Gasteiger partial charge in [-0.2, -0.15) is 0 Å². The van der Waals surface area contributed by atoms with Gasteiger partial charge in [0, 0.05) is 0 Å². The molecule has 6 N–H and O–H groups in total. The Hall–Kier alpha value is -0.690. The number of nitrogens with two attached hydrogens (primary N) is 1. The Morgan fingerprint density at radius 2 is 2.00 bits per heavy atom. The predicted molar refractivity (Wildman–Crippen MR) is 39.0 cm³/mol. The second-order valence-corrected chi connectivity index (χ2v) is 2.80.